The molecule has 3 atom stereocenters. The Bertz CT molecular complexity index is 530. The summed E-state index contributed by atoms with van der Waals surface area (Å²) < 4.78 is 0. The Morgan fingerprint density at radius 1 is 0.488 bits per heavy atom. The summed E-state index contributed by atoms with van der Waals surface area (Å²) in [6.45, 7) is 4.21. The number of hydrogen-bond acceptors (Lipinski definition) is 4. The SMILES string of the molecule is CCCCCCCCCCCCCCCCCCC(O)C(=O)NC(CO)C(O)CCCCCCCCCCCCC. The second-order valence-electron chi connectivity index (χ2n) is 12.8. The summed E-state index contributed by atoms with van der Waals surface area (Å²) in [7, 11) is 0. The zero-order valence-electron chi connectivity index (χ0n) is 27.7. The van der Waals surface area contributed by atoms with Crippen molar-refractivity contribution in [2.45, 2.75) is 218 Å². The topological polar surface area (TPSA) is 89.8 Å². The van der Waals surface area contributed by atoms with Gasteiger partial charge in [0, 0.05) is 0 Å². The van der Waals surface area contributed by atoms with E-state index in [1.54, 1.807) is 0 Å². The van der Waals surface area contributed by atoms with Gasteiger partial charge >= 0.3 is 0 Å². The summed E-state index contributed by atoms with van der Waals surface area (Å²) in [6, 6.07) is -0.703. The Kier molecular flexibility index (Phi) is 31.8. The van der Waals surface area contributed by atoms with Crippen molar-refractivity contribution in [3.63, 3.8) is 0 Å². The van der Waals surface area contributed by atoms with Gasteiger partial charge in [0.15, 0.2) is 0 Å². The maximum absolute atomic E-state index is 12.4. The van der Waals surface area contributed by atoms with Gasteiger partial charge in [-0.2, -0.15) is 0 Å². The molecule has 0 fully saturated rings. The van der Waals surface area contributed by atoms with Crippen LogP contribution in [0.15, 0.2) is 0 Å². The summed E-state index contributed by atoms with van der Waals surface area (Å²) in [4.78, 5) is 12.4. The van der Waals surface area contributed by atoms with E-state index >= 15 is 0 Å². The number of unbranched alkanes of at least 4 members (excludes halogenated alkanes) is 25. The molecule has 0 aliphatic heterocycles. The number of nitrogens with one attached hydrogen (secondary N) is 1. The van der Waals surface area contributed by atoms with Gasteiger partial charge < -0.3 is 20.6 Å². The predicted octanol–water partition coefficient (Wildman–Crippen LogP) is 9.54. The van der Waals surface area contributed by atoms with Crippen molar-refractivity contribution >= 4 is 5.91 Å². The summed E-state index contributed by atoms with van der Waals surface area (Å²) in [5.41, 5.74) is 0. The minimum absolute atomic E-state index is 0.309. The molecule has 0 aromatic heterocycles. The number of carbonyl (C=O) groups is 1. The molecule has 0 rings (SSSR count). The van der Waals surface area contributed by atoms with Crippen molar-refractivity contribution in [2.24, 2.45) is 0 Å². The first-order valence-electron chi connectivity index (χ1n) is 18.3. The largest absolute Gasteiger partial charge is 0.394 e. The van der Waals surface area contributed by atoms with Gasteiger partial charge in [0.1, 0.15) is 6.10 Å². The van der Waals surface area contributed by atoms with Crippen LogP contribution in [0.3, 0.4) is 0 Å². The number of rotatable bonds is 33. The highest BCUT2D eigenvalue weighted by atomic mass is 16.3. The van der Waals surface area contributed by atoms with Crippen molar-refractivity contribution in [2.75, 3.05) is 6.61 Å². The maximum atomic E-state index is 12.4. The van der Waals surface area contributed by atoms with Crippen LogP contribution >= 0.6 is 0 Å². The number of aliphatic hydroxyl groups excluding tert-OH is 3. The average molecular weight is 584 g/mol. The molecule has 0 aliphatic carbocycles. The highest BCUT2D eigenvalue weighted by molar-refractivity contribution is 5.80. The van der Waals surface area contributed by atoms with E-state index in [-0.39, 0.29) is 6.61 Å². The highest BCUT2D eigenvalue weighted by Crippen LogP contribution is 2.16. The van der Waals surface area contributed by atoms with Gasteiger partial charge in [-0.25, -0.2) is 0 Å². The molecule has 5 nitrogen and oxygen atoms in total. The molecule has 0 aromatic carbocycles. The summed E-state index contributed by atoms with van der Waals surface area (Å²) in [6.07, 6.45) is 33.7. The Hall–Kier alpha value is -0.650. The van der Waals surface area contributed by atoms with E-state index in [4.69, 9.17) is 0 Å². The van der Waals surface area contributed by atoms with E-state index in [9.17, 15) is 20.1 Å². The van der Waals surface area contributed by atoms with E-state index in [0.29, 0.717) is 12.8 Å². The Labute approximate surface area is 256 Å². The van der Waals surface area contributed by atoms with Gasteiger partial charge in [-0.05, 0) is 12.8 Å². The van der Waals surface area contributed by atoms with Gasteiger partial charge in [-0.1, -0.05) is 187 Å². The molecule has 246 valence electrons. The molecule has 3 unspecified atom stereocenters. The lowest BCUT2D eigenvalue weighted by atomic mass is 10.0. The first kappa shape index (κ1) is 40.4. The second kappa shape index (κ2) is 32.3. The van der Waals surface area contributed by atoms with E-state index in [1.165, 1.54) is 141 Å². The summed E-state index contributed by atoms with van der Waals surface area (Å²) in [5.74, 6) is -0.469. The average Bonchev–Trinajstić information content (AvgIpc) is 2.98. The Morgan fingerprint density at radius 2 is 0.780 bits per heavy atom. The third-order valence-corrected chi connectivity index (χ3v) is 8.73. The normalized spacial score (nSPS) is 13.8. The number of aliphatic hydroxyl groups is 3. The van der Waals surface area contributed by atoms with E-state index in [1.807, 2.05) is 0 Å². The Balaban J connectivity index is 3.64. The van der Waals surface area contributed by atoms with Crippen LogP contribution in [0.1, 0.15) is 200 Å². The molecule has 0 saturated heterocycles. The third kappa shape index (κ3) is 27.9. The first-order chi connectivity index (χ1) is 20.1. The van der Waals surface area contributed by atoms with Crippen molar-refractivity contribution in [1.29, 1.82) is 0 Å². The number of carbonyl (C=O) groups excluding carboxylic acids is 1. The van der Waals surface area contributed by atoms with Crippen LogP contribution in [0.4, 0.5) is 0 Å². The highest BCUT2D eigenvalue weighted by Gasteiger charge is 2.23. The van der Waals surface area contributed by atoms with Crippen LogP contribution in [-0.2, 0) is 4.79 Å². The molecule has 0 bridgehead atoms. The van der Waals surface area contributed by atoms with Crippen LogP contribution in [0.5, 0.6) is 0 Å². The number of amides is 1. The third-order valence-electron chi connectivity index (χ3n) is 8.73. The zero-order chi connectivity index (χ0) is 30.2. The van der Waals surface area contributed by atoms with Crippen molar-refractivity contribution < 1.29 is 20.1 Å². The fourth-order valence-electron chi connectivity index (χ4n) is 5.78. The van der Waals surface area contributed by atoms with Gasteiger partial charge in [-0.15, -0.1) is 0 Å². The van der Waals surface area contributed by atoms with Crippen molar-refractivity contribution in [3.05, 3.63) is 0 Å². The standard InChI is InChI=1S/C36H73NO4/c1-3-5-7-9-11-13-15-16-17-18-19-21-23-25-27-29-31-35(40)36(41)37-33(32-38)34(39)30-28-26-24-22-20-14-12-10-8-6-4-2/h33-35,38-40H,3-32H2,1-2H3,(H,37,41). The fraction of sp³-hybridized carbons (Fsp3) is 0.972. The molecular formula is C36H73NO4. The molecule has 0 saturated carbocycles. The zero-order valence-corrected chi connectivity index (χ0v) is 27.7. The molecule has 0 heterocycles. The summed E-state index contributed by atoms with van der Waals surface area (Å²) >= 11 is 0. The molecular weight excluding hydrogens is 510 g/mol. The van der Waals surface area contributed by atoms with Crippen molar-refractivity contribution in [3.8, 4) is 0 Å². The molecule has 0 spiro atoms. The van der Waals surface area contributed by atoms with Crippen molar-refractivity contribution in [1.82, 2.24) is 5.32 Å². The first-order valence-corrected chi connectivity index (χ1v) is 18.3. The fourth-order valence-corrected chi connectivity index (χ4v) is 5.78. The van der Waals surface area contributed by atoms with Crippen LogP contribution in [-0.4, -0.2) is 46.1 Å². The lowest BCUT2D eigenvalue weighted by Gasteiger charge is -2.23. The molecule has 5 heteroatoms. The molecule has 0 aliphatic rings. The van der Waals surface area contributed by atoms with E-state index in [2.05, 4.69) is 19.2 Å². The lowest BCUT2D eigenvalue weighted by molar-refractivity contribution is -0.131. The van der Waals surface area contributed by atoms with E-state index < -0.39 is 24.2 Å². The molecule has 1 amide bonds. The minimum Gasteiger partial charge on any atom is -0.394 e. The lowest BCUT2D eigenvalue weighted by Crippen LogP contribution is -2.49. The Morgan fingerprint density at radius 3 is 1.10 bits per heavy atom. The maximum Gasteiger partial charge on any atom is 0.249 e. The smallest absolute Gasteiger partial charge is 0.249 e. The van der Waals surface area contributed by atoms with Crippen LogP contribution in [0, 0.1) is 0 Å². The van der Waals surface area contributed by atoms with E-state index in [0.717, 1.165) is 32.1 Å². The summed E-state index contributed by atoms with van der Waals surface area (Å²) in [5, 5.41) is 33.1. The number of hydrogen-bond donors (Lipinski definition) is 4. The second-order valence-corrected chi connectivity index (χ2v) is 12.8. The molecule has 41 heavy (non-hydrogen) atoms. The quantitative estimate of drug-likeness (QED) is 0.0579. The monoisotopic (exact) mass is 584 g/mol. The predicted molar refractivity (Wildman–Crippen MR) is 176 cm³/mol. The van der Waals surface area contributed by atoms with Gasteiger partial charge in [0.25, 0.3) is 0 Å². The van der Waals surface area contributed by atoms with Crippen LogP contribution in [0.2, 0.25) is 0 Å². The van der Waals surface area contributed by atoms with Crippen LogP contribution < -0.4 is 5.32 Å². The van der Waals surface area contributed by atoms with Crippen LogP contribution in [0.25, 0.3) is 0 Å². The van der Waals surface area contributed by atoms with Gasteiger partial charge in [-0.3, -0.25) is 4.79 Å². The molecule has 4 N–H and O–H groups in total. The molecule has 0 aromatic rings. The van der Waals surface area contributed by atoms with Gasteiger partial charge in [0.05, 0.1) is 18.8 Å². The molecule has 0 radical (unpaired) electrons. The minimum atomic E-state index is -1.06. The van der Waals surface area contributed by atoms with Gasteiger partial charge in [0.2, 0.25) is 5.91 Å².